The predicted molar refractivity (Wildman–Crippen MR) is 136 cm³/mol. The summed E-state index contributed by atoms with van der Waals surface area (Å²) in [7, 11) is 0. The van der Waals surface area contributed by atoms with Crippen LogP contribution in [0.25, 0.3) is 22.0 Å². The van der Waals surface area contributed by atoms with Gasteiger partial charge in [-0.1, -0.05) is 102 Å². The predicted octanol–water partition coefficient (Wildman–Crippen LogP) is 7.68. The van der Waals surface area contributed by atoms with Gasteiger partial charge in [-0.2, -0.15) is 4.91 Å². The summed E-state index contributed by atoms with van der Waals surface area (Å²) in [5, 5.41) is 5.60. The molecule has 0 amide bonds. The second-order valence-corrected chi connectivity index (χ2v) is 7.96. The van der Waals surface area contributed by atoms with Crippen molar-refractivity contribution in [3.8, 4) is 0 Å². The molecule has 3 heteroatoms. The third kappa shape index (κ3) is 4.28. The number of fused-ring (bicyclic) bond motifs is 1. The first-order chi connectivity index (χ1) is 15.6. The SMILES string of the molecule is C/C(=C(\N=C(c1ccccc1)C(C)N=O)c1cccc2ccccc12)c1ccccc1C. The fourth-order valence-electron chi connectivity index (χ4n) is 4.08. The zero-order valence-electron chi connectivity index (χ0n) is 18.6. The minimum absolute atomic E-state index is 0.577. The number of hydrogen-bond acceptors (Lipinski definition) is 3. The summed E-state index contributed by atoms with van der Waals surface area (Å²) in [5.74, 6) is 0. The van der Waals surface area contributed by atoms with Crippen molar-refractivity contribution in [2.45, 2.75) is 26.8 Å². The lowest BCUT2D eigenvalue weighted by Gasteiger charge is -2.16. The van der Waals surface area contributed by atoms with Gasteiger partial charge in [-0.25, -0.2) is 4.99 Å². The fourth-order valence-corrected chi connectivity index (χ4v) is 4.08. The van der Waals surface area contributed by atoms with Gasteiger partial charge in [-0.15, -0.1) is 0 Å². The van der Waals surface area contributed by atoms with Crippen LogP contribution in [-0.4, -0.2) is 11.8 Å². The summed E-state index contributed by atoms with van der Waals surface area (Å²) in [6.07, 6.45) is 0. The highest BCUT2D eigenvalue weighted by atomic mass is 16.3. The molecule has 0 saturated carbocycles. The molecule has 0 radical (unpaired) electrons. The van der Waals surface area contributed by atoms with Crippen LogP contribution in [0.1, 0.15) is 36.1 Å². The molecule has 0 N–H and O–H groups in total. The van der Waals surface area contributed by atoms with Gasteiger partial charge in [0.15, 0.2) is 0 Å². The Kier molecular flexibility index (Phi) is 6.37. The van der Waals surface area contributed by atoms with Crippen LogP contribution in [0.5, 0.6) is 0 Å². The number of benzene rings is 4. The highest BCUT2D eigenvalue weighted by molar-refractivity contribution is 6.10. The molecule has 4 rings (SSSR count). The van der Waals surface area contributed by atoms with E-state index in [4.69, 9.17) is 4.99 Å². The van der Waals surface area contributed by atoms with Crippen molar-refractivity contribution >= 4 is 27.8 Å². The molecule has 0 aliphatic heterocycles. The number of hydrogen-bond donors (Lipinski definition) is 0. The molecule has 0 aliphatic carbocycles. The largest absolute Gasteiger partial charge is 0.249 e. The van der Waals surface area contributed by atoms with Crippen molar-refractivity contribution in [2.24, 2.45) is 10.2 Å². The van der Waals surface area contributed by atoms with E-state index < -0.39 is 6.04 Å². The van der Waals surface area contributed by atoms with Gasteiger partial charge in [0.2, 0.25) is 0 Å². The van der Waals surface area contributed by atoms with Gasteiger partial charge in [0.05, 0.1) is 11.4 Å². The molecular formula is C29H26N2O. The van der Waals surface area contributed by atoms with E-state index >= 15 is 0 Å². The number of nitrogens with zero attached hydrogens (tertiary/aromatic N) is 2. The van der Waals surface area contributed by atoms with E-state index in [0.29, 0.717) is 5.71 Å². The minimum Gasteiger partial charge on any atom is -0.249 e. The monoisotopic (exact) mass is 418 g/mol. The van der Waals surface area contributed by atoms with Crippen molar-refractivity contribution < 1.29 is 0 Å². The average molecular weight is 419 g/mol. The van der Waals surface area contributed by atoms with Crippen molar-refractivity contribution in [3.63, 3.8) is 0 Å². The minimum atomic E-state index is -0.577. The summed E-state index contributed by atoms with van der Waals surface area (Å²) < 4.78 is 0. The van der Waals surface area contributed by atoms with Crippen LogP contribution in [0.3, 0.4) is 0 Å². The normalized spacial score (nSPS) is 13.5. The Morgan fingerprint density at radius 3 is 2.12 bits per heavy atom. The summed E-state index contributed by atoms with van der Waals surface area (Å²) in [4.78, 5) is 16.8. The van der Waals surface area contributed by atoms with Crippen LogP contribution >= 0.6 is 0 Å². The second kappa shape index (κ2) is 9.52. The third-order valence-electron chi connectivity index (χ3n) is 5.80. The molecule has 4 aromatic rings. The first-order valence-electron chi connectivity index (χ1n) is 10.8. The number of rotatable bonds is 6. The topological polar surface area (TPSA) is 41.8 Å². The molecule has 0 aromatic heterocycles. The molecular weight excluding hydrogens is 392 g/mol. The van der Waals surface area contributed by atoms with E-state index in [2.05, 4.69) is 61.5 Å². The lowest BCUT2D eigenvalue weighted by molar-refractivity contribution is 0.962. The van der Waals surface area contributed by atoms with Gasteiger partial charge < -0.3 is 0 Å². The molecule has 0 bridgehead atoms. The molecule has 1 unspecified atom stereocenters. The Balaban J connectivity index is 2.06. The Morgan fingerprint density at radius 1 is 0.750 bits per heavy atom. The lowest BCUT2D eigenvalue weighted by Crippen LogP contribution is -2.16. The Labute approximate surface area is 189 Å². The molecule has 4 aromatic carbocycles. The quantitative estimate of drug-likeness (QED) is 0.180. The Hall–Kier alpha value is -3.85. The number of allylic oxidation sites excluding steroid dienone is 1. The number of aryl methyl sites for hydroxylation is 1. The third-order valence-corrected chi connectivity index (χ3v) is 5.80. The Bertz CT molecular complexity index is 1310. The second-order valence-electron chi connectivity index (χ2n) is 7.96. The zero-order chi connectivity index (χ0) is 22.5. The van der Waals surface area contributed by atoms with E-state index in [1.54, 1.807) is 6.92 Å². The maximum Gasteiger partial charge on any atom is 0.132 e. The van der Waals surface area contributed by atoms with Gasteiger partial charge in [0, 0.05) is 5.56 Å². The average Bonchev–Trinajstić information content (AvgIpc) is 2.84. The van der Waals surface area contributed by atoms with E-state index in [9.17, 15) is 4.91 Å². The van der Waals surface area contributed by atoms with Crippen molar-refractivity contribution in [1.82, 2.24) is 0 Å². The molecule has 3 nitrogen and oxygen atoms in total. The van der Waals surface area contributed by atoms with E-state index in [-0.39, 0.29) is 0 Å². The maximum absolute atomic E-state index is 11.6. The van der Waals surface area contributed by atoms with Crippen molar-refractivity contribution in [1.29, 1.82) is 0 Å². The highest BCUT2D eigenvalue weighted by Crippen LogP contribution is 2.34. The smallest absolute Gasteiger partial charge is 0.132 e. The lowest BCUT2D eigenvalue weighted by atomic mass is 9.94. The van der Waals surface area contributed by atoms with Gasteiger partial charge in [-0.3, -0.25) is 0 Å². The number of nitroso groups, excluding NO2 is 1. The van der Waals surface area contributed by atoms with Crippen LogP contribution in [0.2, 0.25) is 0 Å². The molecule has 1 atom stereocenters. The van der Waals surface area contributed by atoms with Crippen LogP contribution < -0.4 is 0 Å². The highest BCUT2D eigenvalue weighted by Gasteiger charge is 2.18. The van der Waals surface area contributed by atoms with E-state index in [1.807, 2.05) is 54.6 Å². The molecule has 0 aliphatic rings. The van der Waals surface area contributed by atoms with Gasteiger partial charge in [-0.05, 0) is 53.8 Å². The molecule has 0 heterocycles. The first-order valence-corrected chi connectivity index (χ1v) is 10.8. The van der Waals surface area contributed by atoms with Crippen LogP contribution in [0.15, 0.2) is 107 Å². The standard InChI is InChI=1S/C29H26N2O/c1-20-12-7-9-17-25(20)21(2)28(27-19-11-16-23-13-8-10-18-26(23)27)30-29(22(3)31-32)24-14-5-4-6-15-24/h4-19,22H,1-3H3/b28-21+,30-29?. The fraction of sp³-hybridized carbons (Fsp3) is 0.138. The zero-order valence-corrected chi connectivity index (χ0v) is 18.6. The van der Waals surface area contributed by atoms with Gasteiger partial charge in [0.25, 0.3) is 0 Å². The molecule has 0 saturated heterocycles. The molecule has 32 heavy (non-hydrogen) atoms. The van der Waals surface area contributed by atoms with E-state index in [1.165, 1.54) is 5.56 Å². The van der Waals surface area contributed by atoms with Gasteiger partial charge in [0.1, 0.15) is 6.04 Å². The molecule has 0 spiro atoms. The number of aliphatic imine (C=N–C) groups is 1. The van der Waals surface area contributed by atoms with Crippen LogP contribution in [-0.2, 0) is 0 Å². The summed E-state index contributed by atoms with van der Waals surface area (Å²) >= 11 is 0. The Morgan fingerprint density at radius 2 is 1.38 bits per heavy atom. The summed E-state index contributed by atoms with van der Waals surface area (Å²) in [6, 6.07) is 32.1. The molecule has 0 fully saturated rings. The van der Waals surface area contributed by atoms with Crippen LogP contribution in [0, 0.1) is 11.8 Å². The summed E-state index contributed by atoms with van der Waals surface area (Å²) in [5.41, 5.74) is 6.83. The molecule has 158 valence electrons. The van der Waals surface area contributed by atoms with Gasteiger partial charge >= 0.3 is 0 Å². The van der Waals surface area contributed by atoms with E-state index in [0.717, 1.165) is 38.7 Å². The van der Waals surface area contributed by atoms with Crippen LogP contribution in [0.4, 0.5) is 0 Å². The maximum atomic E-state index is 11.6. The van der Waals surface area contributed by atoms with Crippen molar-refractivity contribution in [3.05, 3.63) is 124 Å². The van der Waals surface area contributed by atoms with Crippen molar-refractivity contribution in [2.75, 3.05) is 0 Å². The summed E-state index contributed by atoms with van der Waals surface area (Å²) in [6.45, 7) is 6.00. The first kappa shape index (κ1) is 21.4.